The molecule has 3 nitrogen and oxygen atoms in total. The molecule has 1 saturated heterocycles. The summed E-state index contributed by atoms with van der Waals surface area (Å²) in [5.41, 5.74) is 0. The lowest BCUT2D eigenvalue weighted by Crippen LogP contribution is -2.28. The standard InChI is InChI=1S/C16H30N2O.ClH/c1-13-4-2-3-5-15(13)9-11-18-16(19)7-6-14-8-10-17-12-14;/h13-15,17H,2-12H2,1H3,(H,18,19);1H. The van der Waals surface area contributed by atoms with Gasteiger partial charge in [0.25, 0.3) is 0 Å². The van der Waals surface area contributed by atoms with Crippen molar-refractivity contribution in [3.63, 3.8) is 0 Å². The molecule has 4 heteroatoms. The predicted molar refractivity (Wildman–Crippen MR) is 86.2 cm³/mol. The SMILES string of the molecule is CC1CCCCC1CCNC(=O)CCC1CCNC1.Cl. The Morgan fingerprint density at radius 2 is 2.00 bits per heavy atom. The molecule has 2 rings (SSSR count). The second kappa shape index (κ2) is 9.62. The molecule has 0 bridgehead atoms. The van der Waals surface area contributed by atoms with Crippen molar-refractivity contribution >= 4 is 18.3 Å². The Labute approximate surface area is 130 Å². The highest BCUT2D eigenvalue weighted by Crippen LogP contribution is 2.31. The summed E-state index contributed by atoms with van der Waals surface area (Å²) in [6, 6.07) is 0. The van der Waals surface area contributed by atoms with E-state index < -0.39 is 0 Å². The van der Waals surface area contributed by atoms with E-state index >= 15 is 0 Å². The van der Waals surface area contributed by atoms with E-state index in [9.17, 15) is 4.79 Å². The molecule has 0 aromatic carbocycles. The van der Waals surface area contributed by atoms with Gasteiger partial charge in [-0.05, 0) is 50.1 Å². The largest absolute Gasteiger partial charge is 0.356 e. The van der Waals surface area contributed by atoms with E-state index in [4.69, 9.17) is 0 Å². The van der Waals surface area contributed by atoms with Gasteiger partial charge in [0.05, 0.1) is 0 Å². The van der Waals surface area contributed by atoms with Crippen LogP contribution in [0.3, 0.4) is 0 Å². The fraction of sp³-hybridized carbons (Fsp3) is 0.938. The van der Waals surface area contributed by atoms with Crippen molar-refractivity contribution in [2.45, 2.75) is 58.3 Å². The van der Waals surface area contributed by atoms with E-state index in [1.807, 2.05) is 0 Å². The molecule has 1 amide bonds. The minimum atomic E-state index is 0. The fourth-order valence-electron chi connectivity index (χ4n) is 3.60. The van der Waals surface area contributed by atoms with Crippen LogP contribution in [0.5, 0.6) is 0 Å². The Morgan fingerprint density at radius 3 is 2.70 bits per heavy atom. The Bertz CT molecular complexity index is 280. The summed E-state index contributed by atoms with van der Waals surface area (Å²) in [7, 11) is 0. The summed E-state index contributed by atoms with van der Waals surface area (Å²) in [4.78, 5) is 11.8. The number of nitrogens with one attached hydrogen (secondary N) is 2. The lowest BCUT2D eigenvalue weighted by molar-refractivity contribution is -0.121. The van der Waals surface area contributed by atoms with Gasteiger partial charge in [-0.25, -0.2) is 0 Å². The third-order valence-electron chi connectivity index (χ3n) is 5.07. The van der Waals surface area contributed by atoms with Crippen LogP contribution in [0.15, 0.2) is 0 Å². The number of amides is 1. The van der Waals surface area contributed by atoms with E-state index in [2.05, 4.69) is 17.6 Å². The van der Waals surface area contributed by atoms with E-state index in [-0.39, 0.29) is 18.3 Å². The first-order valence-corrected chi connectivity index (χ1v) is 8.23. The molecule has 1 saturated carbocycles. The van der Waals surface area contributed by atoms with Gasteiger partial charge < -0.3 is 10.6 Å². The van der Waals surface area contributed by atoms with Gasteiger partial charge in [0.1, 0.15) is 0 Å². The van der Waals surface area contributed by atoms with Gasteiger partial charge in [-0.2, -0.15) is 0 Å². The molecule has 20 heavy (non-hydrogen) atoms. The van der Waals surface area contributed by atoms with Gasteiger partial charge in [-0.15, -0.1) is 12.4 Å². The number of rotatable bonds is 6. The van der Waals surface area contributed by atoms with Crippen LogP contribution in [0, 0.1) is 17.8 Å². The Kier molecular flexibility index (Phi) is 8.55. The highest BCUT2D eigenvalue weighted by molar-refractivity contribution is 5.85. The Balaban J connectivity index is 0.00000200. The lowest BCUT2D eigenvalue weighted by atomic mass is 9.79. The topological polar surface area (TPSA) is 41.1 Å². The quantitative estimate of drug-likeness (QED) is 0.791. The molecular weight excluding hydrogens is 272 g/mol. The van der Waals surface area contributed by atoms with Crippen molar-refractivity contribution in [3.05, 3.63) is 0 Å². The molecule has 3 unspecified atom stereocenters. The monoisotopic (exact) mass is 302 g/mol. The maximum Gasteiger partial charge on any atom is 0.220 e. The van der Waals surface area contributed by atoms with Gasteiger partial charge in [-0.3, -0.25) is 4.79 Å². The molecular formula is C16H31ClN2O. The highest BCUT2D eigenvalue weighted by Gasteiger charge is 2.21. The molecule has 118 valence electrons. The fourth-order valence-corrected chi connectivity index (χ4v) is 3.60. The zero-order valence-corrected chi connectivity index (χ0v) is 13.6. The Morgan fingerprint density at radius 1 is 1.20 bits per heavy atom. The molecule has 2 fully saturated rings. The Hall–Kier alpha value is -0.280. The van der Waals surface area contributed by atoms with Crippen molar-refractivity contribution < 1.29 is 4.79 Å². The number of hydrogen-bond acceptors (Lipinski definition) is 2. The maximum absolute atomic E-state index is 11.8. The van der Waals surface area contributed by atoms with Crippen molar-refractivity contribution in [2.24, 2.45) is 17.8 Å². The third kappa shape index (κ3) is 6.01. The normalized spacial score (nSPS) is 29.8. The third-order valence-corrected chi connectivity index (χ3v) is 5.07. The molecule has 0 spiro atoms. The van der Waals surface area contributed by atoms with Crippen LogP contribution in [-0.4, -0.2) is 25.5 Å². The molecule has 1 heterocycles. The van der Waals surface area contributed by atoms with Crippen LogP contribution in [0.4, 0.5) is 0 Å². The minimum Gasteiger partial charge on any atom is -0.356 e. The van der Waals surface area contributed by atoms with Gasteiger partial charge in [-0.1, -0.05) is 32.6 Å². The lowest BCUT2D eigenvalue weighted by Gasteiger charge is -2.28. The van der Waals surface area contributed by atoms with Crippen molar-refractivity contribution in [1.82, 2.24) is 10.6 Å². The summed E-state index contributed by atoms with van der Waals surface area (Å²) in [5, 5.41) is 6.47. The van der Waals surface area contributed by atoms with Gasteiger partial charge in [0.15, 0.2) is 0 Å². The molecule has 0 radical (unpaired) electrons. The summed E-state index contributed by atoms with van der Waals surface area (Å²) in [6.45, 7) is 5.49. The summed E-state index contributed by atoms with van der Waals surface area (Å²) in [5.74, 6) is 2.68. The van der Waals surface area contributed by atoms with Crippen molar-refractivity contribution in [2.75, 3.05) is 19.6 Å². The molecule has 1 aliphatic heterocycles. The van der Waals surface area contributed by atoms with Crippen LogP contribution >= 0.6 is 12.4 Å². The molecule has 0 aromatic heterocycles. The number of carbonyl (C=O) groups excluding carboxylic acids is 1. The predicted octanol–water partition coefficient (Wildman–Crippen LogP) is 3.13. The van der Waals surface area contributed by atoms with E-state index in [1.54, 1.807) is 0 Å². The number of hydrogen-bond donors (Lipinski definition) is 2. The zero-order valence-electron chi connectivity index (χ0n) is 12.8. The first-order valence-electron chi connectivity index (χ1n) is 8.23. The molecule has 2 N–H and O–H groups in total. The zero-order chi connectivity index (χ0) is 13.5. The van der Waals surface area contributed by atoms with Crippen LogP contribution in [0.2, 0.25) is 0 Å². The van der Waals surface area contributed by atoms with Gasteiger partial charge in [0, 0.05) is 13.0 Å². The van der Waals surface area contributed by atoms with Crippen LogP contribution in [0.1, 0.15) is 58.3 Å². The van der Waals surface area contributed by atoms with E-state index in [1.165, 1.54) is 38.5 Å². The highest BCUT2D eigenvalue weighted by atomic mass is 35.5. The summed E-state index contributed by atoms with van der Waals surface area (Å²) >= 11 is 0. The van der Waals surface area contributed by atoms with Gasteiger partial charge in [0.2, 0.25) is 5.91 Å². The van der Waals surface area contributed by atoms with Crippen molar-refractivity contribution in [3.8, 4) is 0 Å². The van der Waals surface area contributed by atoms with Gasteiger partial charge >= 0.3 is 0 Å². The molecule has 2 aliphatic rings. The first-order chi connectivity index (χ1) is 9.25. The second-order valence-corrected chi connectivity index (χ2v) is 6.56. The average molecular weight is 303 g/mol. The number of halogens is 1. The van der Waals surface area contributed by atoms with Crippen LogP contribution < -0.4 is 10.6 Å². The maximum atomic E-state index is 11.8. The summed E-state index contributed by atoms with van der Waals surface area (Å²) in [6.07, 6.45) is 9.73. The van der Waals surface area contributed by atoms with Crippen LogP contribution in [0.25, 0.3) is 0 Å². The summed E-state index contributed by atoms with van der Waals surface area (Å²) < 4.78 is 0. The molecule has 0 aromatic rings. The molecule has 3 atom stereocenters. The smallest absolute Gasteiger partial charge is 0.220 e. The van der Waals surface area contributed by atoms with E-state index in [0.29, 0.717) is 6.42 Å². The first kappa shape index (κ1) is 17.8. The van der Waals surface area contributed by atoms with Crippen LogP contribution in [-0.2, 0) is 4.79 Å². The number of carbonyl (C=O) groups is 1. The van der Waals surface area contributed by atoms with Crippen molar-refractivity contribution in [1.29, 1.82) is 0 Å². The minimum absolute atomic E-state index is 0. The van der Waals surface area contributed by atoms with E-state index in [0.717, 1.165) is 43.8 Å². The second-order valence-electron chi connectivity index (χ2n) is 6.56. The molecule has 1 aliphatic carbocycles. The average Bonchev–Trinajstić information content (AvgIpc) is 2.92.